The molecule has 10 nitrogen and oxygen atoms in total. The summed E-state index contributed by atoms with van der Waals surface area (Å²) in [6, 6.07) is 7.29. The van der Waals surface area contributed by atoms with Crippen molar-refractivity contribution < 1.29 is 29.9 Å². The number of nitrogens with zero attached hydrogens (tertiary/aromatic N) is 4. The molecule has 5 atom stereocenters. The van der Waals surface area contributed by atoms with E-state index in [0.717, 1.165) is 11.4 Å². The minimum atomic E-state index is -2.22. The van der Waals surface area contributed by atoms with Gasteiger partial charge in [0, 0.05) is 19.4 Å². The Morgan fingerprint density at radius 1 is 1.09 bits per heavy atom. The lowest BCUT2D eigenvalue weighted by molar-refractivity contribution is -0.239. The number of ether oxygens (including phenoxy) is 2. The van der Waals surface area contributed by atoms with Crippen molar-refractivity contribution in [1.29, 1.82) is 0 Å². The number of methoxy groups -OCH3 is 1. The molecule has 176 valence electrons. The molecule has 1 aliphatic heterocycles. The standard InChI is InChI=1S/C24H24N4O6/c1-27-13-17(11-25-27)9-10-24(32)21(34-20(15-29)22(30)23(24)31)8-3-16-12-26-28(14-16)18-4-6-19(33-2)7-5-18/h4-7,11-14,20-23,29-32H,15H2,1-2H3/t20-,21-,22-,23+,24-/m1/s1. The molecular weight excluding hydrogens is 440 g/mol. The van der Waals surface area contributed by atoms with Crippen LogP contribution in [0.2, 0.25) is 0 Å². The number of hydrogen-bond acceptors (Lipinski definition) is 8. The van der Waals surface area contributed by atoms with E-state index in [-0.39, 0.29) is 0 Å². The van der Waals surface area contributed by atoms with Crippen molar-refractivity contribution in [2.75, 3.05) is 13.7 Å². The summed E-state index contributed by atoms with van der Waals surface area (Å²) in [5.74, 6) is 11.7. The van der Waals surface area contributed by atoms with Crippen molar-refractivity contribution in [3.05, 3.63) is 60.2 Å². The van der Waals surface area contributed by atoms with Crippen LogP contribution in [0.25, 0.3) is 5.69 Å². The third-order valence-corrected chi connectivity index (χ3v) is 5.42. The highest BCUT2D eigenvalue weighted by molar-refractivity contribution is 5.42. The summed E-state index contributed by atoms with van der Waals surface area (Å²) in [4.78, 5) is 0. The molecule has 2 aromatic heterocycles. The summed E-state index contributed by atoms with van der Waals surface area (Å²) >= 11 is 0. The highest BCUT2D eigenvalue weighted by atomic mass is 16.5. The third-order valence-electron chi connectivity index (χ3n) is 5.42. The Labute approximate surface area is 196 Å². The Hall–Kier alpha value is -3.64. The van der Waals surface area contributed by atoms with E-state index in [9.17, 15) is 20.4 Å². The van der Waals surface area contributed by atoms with Gasteiger partial charge in [0.15, 0.2) is 11.7 Å². The Morgan fingerprint density at radius 2 is 1.79 bits per heavy atom. The van der Waals surface area contributed by atoms with Crippen LogP contribution >= 0.6 is 0 Å². The summed E-state index contributed by atoms with van der Waals surface area (Å²) in [5.41, 5.74) is -0.419. The molecule has 0 spiro atoms. The van der Waals surface area contributed by atoms with Crippen LogP contribution in [-0.4, -0.2) is 83.7 Å². The van der Waals surface area contributed by atoms with Crippen LogP contribution < -0.4 is 4.74 Å². The van der Waals surface area contributed by atoms with Gasteiger partial charge in [-0.15, -0.1) is 0 Å². The zero-order valence-corrected chi connectivity index (χ0v) is 18.5. The van der Waals surface area contributed by atoms with Gasteiger partial charge in [0.2, 0.25) is 0 Å². The maximum Gasteiger partial charge on any atom is 0.191 e. The lowest BCUT2D eigenvalue weighted by Crippen LogP contribution is -2.65. The van der Waals surface area contributed by atoms with E-state index >= 15 is 0 Å². The second-order valence-corrected chi connectivity index (χ2v) is 7.79. The minimum absolute atomic E-state index is 0.495. The molecule has 0 amide bonds. The monoisotopic (exact) mass is 464 g/mol. The van der Waals surface area contributed by atoms with Gasteiger partial charge in [-0.3, -0.25) is 4.68 Å². The van der Waals surface area contributed by atoms with Gasteiger partial charge < -0.3 is 29.9 Å². The Morgan fingerprint density at radius 3 is 2.44 bits per heavy atom. The first-order valence-electron chi connectivity index (χ1n) is 10.4. The molecule has 1 aromatic carbocycles. The van der Waals surface area contributed by atoms with Crippen molar-refractivity contribution >= 4 is 0 Å². The number of aliphatic hydroxyl groups excluding tert-OH is 3. The highest BCUT2D eigenvalue weighted by Crippen LogP contribution is 2.30. The first kappa shape index (κ1) is 23.5. The fourth-order valence-corrected chi connectivity index (χ4v) is 3.48. The normalized spacial score (nSPS) is 26.2. The number of aromatic nitrogens is 4. The summed E-state index contributed by atoms with van der Waals surface area (Å²) < 4.78 is 13.9. The topological polar surface area (TPSA) is 135 Å². The molecule has 34 heavy (non-hydrogen) atoms. The molecular formula is C24H24N4O6. The highest BCUT2D eigenvalue weighted by Gasteiger charge is 2.53. The van der Waals surface area contributed by atoms with Crippen molar-refractivity contribution in [3.8, 4) is 35.1 Å². The lowest BCUT2D eigenvalue weighted by atomic mass is 9.82. The summed E-state index contributed by atoms with van der Waals surface area (Å²) in [6.45, 7) is -0.572. The van der Waals surface area contributed by atoms with E-state index in [1.54, 1.807) is 43.4 Å². The second-order valence-electron chi connectivity index (χ2n) is 7.79. The molecule has 0 bridgehead atoms. The fourth-order valence-electron chi connectivity index (χ4n) is 3.48. The van der Waals surface area contributed by atoms with E-state index in [1.807, 2.05) is 12.1 Å². The van der Waals surface area contributed by atoms with Gasteiger partial charge in [0.25, 0.3) is 0 Å². The number of hydrogen-bond donors (Lipinski definition) is 4. The van der Waals surface area contributed by atoms with Crippen LogP contribution in [0.15, 0.2) is 49.1 Å². The SMILES string of the molecule is COc1ccc(-n2cc(C#C[C@H]3O[C@H](CO)[C@@H](O)[C@H](O)[C@@]3(O)C#Cc3cnn(C)c3)cn2)cc1. The van der Waals surface area contributed by atoms with E-state index in [4.69, 9.17) is 9.47 Å². The Bertz CT molecular complexity index is 1260. The summed E-state index contributed by atoms with van der Waals surface area (Å²) in [5, 5.41) is 50.0. The molecule has 3 heterocycles. The lowest BCUT2D eigenvalue weighted by Gasteiger charge is -2.43. The van der Waals surface area contributed by atoms with Crippen LogP contribution in [0.1, 0.15) is 11.1 Å². The van der Waals surface area contributed by atoms with Crippen molar-refractivity contribution in [1.82, 2.24) is 19.6 Å². The van der Waals surface area contributed by atoms with Crippen LogP contribution in [0.3, 0.4) is 0 Å². The van der Waals surface area contributed by atoms with Gasteiger partial charge in [0.1, 0.15) is 24.1 Å². The first-order chi connectivity index (χ1) is 16.3. The van der Waals surface area contributed by atoms with Crippen molar-refractivity contribution in [2.24, 2.45) is 7.05 Å². The smallest absolute Gasteiger partial charge is 0.191 e. The van der Waals surface area contributed by atoms with E-state index in [2.05, 4.69) is 33.9 Å². The van der Waals surface area contributed by atoms with Gasteiger partial charge in [0.05, 0.1) is 42.9 Å². The van der Waals surface area contributed by atoms with Crippen molar-refractivity contribution in [2.45, 2.75) is 30.0 Å². The van der Waals surface area contributed by atoms with E-state index in [1.165, 1.54) is 17.1 Å². The zero-order chi connectivity index (χ0) is 24.3. The van der Waals surface area contributed by atoms with Gasteiger partial charge in [-0.25, -0.2) is 4.68 Å². The van der Waals surface area contributed by atoms with Crippen LogP contribution in [0.5, 0.6) is 5.75 Å². The maximum absolute atomic E-state index is 11.2. The zero-order valence-electron chi connectivity index (χ0n) is 18.5. The summed E-state index contributed by atoms with van der Waals surface area (Å²) in [6.07, 6.45) is 0.592. The quantitative estimate of drug-likeness (QED) is 0.371. The van der Waals surface area contributed by atoms with E-state index < -0.39 is 36.6 Å². The predicted octanol–water partition coefficient (Wildman–Crippen LogP) is -0.770. The van der Waals surface area contributed by atoms with Gasteiger partial charge >= 0.3 is 0 Å². The average molecular weight is 464 g/mol. The largest absolute Gasteiger partial charge is 0.497 e. The molecule has 4 N–H and O–H groups in total. The van der Waals surface area contributed by atoms with Gasteiger partial charge in [-0.2, -0.15) is 10.2 Å². The van der Waals surface area contributed by atoms with Gasteiger partial charge in [-0.1, -0.05) is 23.7 Å². The average Bonchev–Trinajstić information content (AvgIpc) is 3.50. The Kier molecular flexibility index (Phi) is 6.70. The first-order valence-corrected chi connectivity index (χ1v) is 10.4. The van der Waals surface area contributed by atoms with Crippen LogP contribution in [-0.2, 0) is 11.8 Å². The molecule has 1 saturated heterocycles. The van der Waals surface area contributed by atoms with E-state index in [0.29, 0.717) is 11.1 Å². The predicted molar refractivity (Wildman–Crippen MR) is 120 cm³/mol. The number of rotatable bonds is 3. The van der Waals surface area contributed by atoms with Gasteiger partial charge in [-0.05, 0) is 24.3 Å². The van der Waals surface area contributed by atoms with Crippen LogP contribution in [0, 0.1) is 23.7 Å². The third kappa shape index (κ3) is 4.68. The second kappa shape index (κ2) is 9.69. The summed E-state index contributed by atoms with van der Waals surface area (Å²) in [7, 11) is 3.30. The fraction of sp³-hybridized carbons (Fsp3) is 0.333. The molecule has 4 rings (SSSR count). The molecule has 1 aliphatic rings. The molecule has 10 heteroatoms. The van der Waals surface area contributed by atoms with Crippen LogP contribution in [0.4, 0.5) is 0 Å². The number of aryl methyl sites for hydroxylation is 1. The molecule has 1 fully saturated rings. The Balaban J connectivity index is 1.63. The molecule has 0 saturated carbocycles. The molecule has 0 unspecified atom stereocenters. The van der Waals surface area contributed by atoms with Crippen molar-refractivity contribution in [3.63, 3.8) is 0 Å². The number of benzene rings is 1. The molecule has 0 radical (unpaired) electrons. The minimum Gasteiger partial charge on any atom is -0.497 e. The number of aliphatic hydroxyl groups is 4. The molecule has 3 aromatic rings. The maximum atomic E-state index is 11.2. The molecule has 0 aliphatic carbocycles.